The van der Waals surface area contributed by atoms with Gasteiger partial charge in [-0.1, -0.05) is 62.4 Å². The summed E-state index contributed by atoms with van der Waals surface area (Å²) in [6.45, 7) is 4.53. The minimum absolute atomic E-state index is 0.0961. The predicted molar refractivity (Wildman–Crippen MR) is 115 cm³/mol. The molecule has 0 unspecified atom stereocenters. The Morgan fingerprint density at radius 3 is 2.57 bits per heavy atom. The molecule has 0 aliphatic carbocycles. The Kier molecular flexibility index (Phi) is 7.22. The molecule has 1 heterocycles. The number of carbonyl (C=O) groups excluding carboxylic acids is 3. The van der Waals surface area contributed by atoms with E-state index in [0.29, 0.717) is 12.5 Å². The highest BCUT2D eigenvalue weighted by atomic mass is 16.5. The number of rotatable bonds is 8. The molecule has 1 aliphatic heterocycles. The lowest BCUT2D eigenvalue weighted by Crippen LogP contribution is -2.31. The smallest absolute Gasteiger partial charge is 0.311 e. The molecule has 6 heteroatoms. The standard InChI is InChI=1S/C24H28N2O4/c1-3-17(2)20-11-7-8-12-21(20)26-15-19(13-23(26)28)24(29)30-16-22(27)25-14-18-9-5-4-6-10-18/h4-12,17,19H,3,13-16H2,1-2H3,(H,25,27)/t17-,19+/m1/s1. The van der Waals surface area contributed by atoms with E-state index in [2.05, 4.69) is 19.2 Å². The van der Waals surface area contributed by atoms with Gasteiger partial charge in [0.2, 0.25) is 5.91 Å². The highest BCUT2D eigenvalue weighted by Gasteiger charge is 2.37. The molecule has 2 aromatic carbocycles. The molecule has 6 nitrogen and oxygen atoms in total. The quantitative estimate of drug-likeness (QED) is 0.679. The molecule has 0 spiro atoms. The number of nitrogens with one attached hydrogen (secondary N) is 1. The van der Waals surface area contributed by atoms with Crippen molar-refractivity contribution in [2.45, 2.75) is 39.2 Å². The molecule has 30 heavy (non-hydrogen) atoms. The van der Waals surface area contributed by atoms with Crippen molar-refractivity contribution >= 4 is 23.5 Å². The zero-order chi connectivity index (χ0) is 21.5. The maximum atomic E-state index is 12.6. The molecule has 1 N–H and O–H groups in total. The zero-order valence-corrected chi connectivity index (χ0v) is 17.5. The number of hydrogen-bond acceptors (Lipinski definition) is 4. The van der Waals surface area contributed by atoms with Gasteiger partial charge in [-0.15, -0.1) is 0 Å². The molecular weight excluding hydrogens is 380 g/mol. The third kappa shape index (κ3) is 5.26. The van der Waals surface area contributed by atoms with Crippen molar-refractivity contribution in [2.75, 3.05) is 18.1 Å². The number of esters is 1. The van der Waals surface area contributed by atoms with Gasteiger partial charge in [-0.2, -0.15) is 0 Å². The third-order valence-corrected chi connectivity index (χ3v) is 5.51. The highest BCUT2D eigenvalue weighted by Crippen LogP contribution is 2.33. The first-order valence-electron chi connectivity index (χ1n) is 10.4. The van der Waals surface area contributed by atoms with Gasteiger partial charge in [0.1, 0.15) is 0 Å². The van der Waals surface area contributed by atoms with Crippen molar-refractivity contribution in [3.05, 3.63) is 65.7 Å². The van der Waals surface area contributed by atoms with Crippen molar-refractivity contribution in [1.29, 1.82) is 0 Å². The number of para-hydroxylation sites is 1. The topological polar surface area (TPSA) is 75.7 Å². The molecule has 158 valence electrons. The summed E-state index contributed by atoms with van der Waals surface area (Å²) in [7, 11) is 0. The van der Waals surface area contributed by atoms with E-state index in [0.717, 1.165) is 23.2 Å². The average Bonchev–Trinajstić information content (AvgIpc) is 3.17. The van der Waals surface area contributed by atoms with E-state index in [1.807, 2.05) is 54.6 Å². The van der Waals surface area contributed by atoms with Crippen LogP contribution in [0.15, 0.2) is 54.6 Å². The van der Waals surface area contributed by atoms with Gasteiger partial charge in [0.25, 0.3) is 5.91 Å². The van der Waals surface area contributed by atoms with Crippen LogP contribution in [0, 0.1) is 5.92 Å². The van der Waals surface area contributed by atoms with Crippen LogP contribution in [0.25, 0.3) is 0 Å². The number of amides is 2. The Balaban J connectivity index is 1.53. The second kappa shape index (κ2) is 10.1. The molecule has 1 aliphatic rings. The summed E-state index contributed by atoms with van der Waals surface area (Å²) in [5.74, 6) is -1.23. The van der Waals surface area contributed by atoms with Crippen LogP contribution in [0.4, 0.5) is 5.69 Å². The van der Waals surface area contributed by atoms with E-state index in [-0.39, 0.29) is 31.4 Å². The van der Waals surface area contributed by atoms with Crippen LogP contribution in [-0.2, 0) is 25.7 Å². The first-order chi connectivity index (χ1) is 14.5. The number of carbonyl (C=O) groups is 3. The molecular formula is C24H28N2O4. The van der Waals surface area contributed by atoms with E-state index in [1.165, 1.54) is 0 Å². The molecule has 0 bridgehead atoms. The van der Waals surface area contributed by atoms with Crippen molar-refractivity contribution in [2.24, 2.45) is 5.92 Å². The monoisotopic (exact) mass is 408 g/mol. The molecule has 0 radical (unpaired) electrons. The molecule has 0 aromatic heterocycles. The van der Waals surface area contributed by atoms with E-state index in [1.54, 1.807) is 4.90 Å². The Hall–Kier alpha value is -3.15. The minimum atomic E-state index is -0.565. The first-order valence-corrected chi connectivity index (χ1v) is 10.4. The lowest BCUT2D eigenvalue weighted by Gasteiger charge is -2.23. The van der Waals surface area contributed by atoms with Crippen LogP contribution in [-0.4, -0.2) is 30.9 Å². The average molecular weight is 408 g/mol. The van der Waals surface area contributed by atoms with Gasteiger partial charge < -0.3 is 15.0 Å². The second-order valence-electron chi connectivity index (χ2n) is 7.64. The normalized spacial score (nSPS) is 16.9. The van der Waals surface area contributed by atoms with Gasteiger partial charge in [0, 0.05) is 25.2 Å². The maximum Gasteiger partial charge on any atom is 0.311 e. The fraction of sp³-hybridized carbons (Fsp3) is 0.375. The predicted octanol–water partition coefficient (Wildman–Crippen LogP) is 3.41. The van der Waals surface area contributed by atoms with Crippen LogP contribution in [0.2, 0.25) is 0 Å². The van der Waals surface area contributed by atoms with E-state index >= 15 is 0 Å². The van der Waals surface area contributed by atoms with Gasteiger partial charge in [-0.05, 0) is 29.5 Å². The minimum Gasteiger partial charge on any atom is -0.455 e. The Labute approximate surface area is 177 Å². The molecule has 2 amide bonds. The SMILES string of the molecule is CC[C@@H](C)c1ccccc1N1C[C@@H](C(=O)OCC(=O)NCc2ccccc2)CC1=O. The van der Waals surface area contributed by atoms with Crippen LogP contribution in [0.3, 0.4) is 0 Å². The lowest BCUT2D eigenvalue weighted by molar-refractivity contribution is -0.152. The maximum absolute atomic E-state index is 12.6. The summed E-state index contributed by atoms with van der Waals surface area (Å²) >= 11 is 0. The molecule has 1 fully saturated rings. The van der Waals surface area contributed by atoms with Crippen molar-refractivity contribution in [3.8, 4) is 0 Å². The summed E-state index contributed by atoms with van der Waals surface area (Å²) in [5, 5.41) is 2.72. The van der Waals surface area contributed by atoms with Gasteiger partial charge in [-0.3, -0.25) is 14.4 Å². The van der Waals surface area contributed by atoms with Gasteiger partial charge in [0.05, 0.1) is 5.92 Å². The zero-order valence-electron chi connectivity index (χ0n) is 17.5. The number of hydrogen-bond donors (Lipinski definition) is 1. The first kappa shape index (κ1) is 21.6. The molecule has 2 aromatic rings. The Morgan fingerprint density at radius 1 is 1.13 bits per heavy atom. The van der Waals surface area contributed by atoms with Crippen LogP contribution in [0.5, 0.6) is 0 Å². The molecule has 1 saturated heterocycles. The molecule has 0 saturated carbocycles. The van der Waals surface area contributed by atoms with Gasteiger partial charge in [0.15, 0.2) is 6.61 Å². The van der Waals surface area contributed by atoms with E-state index < -0.39 is 11.9 Å². The van der Waals surface area contributed by atoms with Gasteiger partial charge >= 0.3 is 5.97 Å². The molecule has 3 rings (SSSR count). The Morgan fingerprint density at radius 2 is 1.83 bits per heavy atom. The summed E-state index contributed by atoms with van der Waals surface area (Å²) < 4.78 is 5.18. The van der Waals surface area contributed by atoms with E-state index in [4.69, 9.17) is 4.74 Å². The number of anilines is 1. The van der Waals surface area contributed by atoms with Crippen molar-refractivity contribution < 1.29 is 19.1 Å². The number of ether oxygens (including phenoxy) is 1. The number of benzene rings is 2. The second-order valence-corrected chi connectivity index (χ2v) is 7.64. The van der Waals surface area contributed by atoms with Crippen LogP contribution >= 0.6 is 0 Å². The van der Waals surface area contributed by atoms with Crippen molar-refractivity contribution in [1.82, 2.24) is 5.32 Å². The Bertz CT molecular complexity index is 897. The van der Waals surface area contributed by atoms with Crippen LogP contribution < -0.4 is 10.2 Å². The summed E-state index contributed by atoms with van der Waals surface area (Å²) in [6, 6.07) is 17.3. The number of nitrogens with zero attached hydrogens (tertiary/aromatic N) is 1. The third-order valence-electron chi connectivity index (χ3n) is 5.51. The summed E-state index contributed by atoms with van der Waals surface area (Å²) in [5.41, 5.74) is 2.92. The highest BCUT2D eigenvalue weighted by molar-refractivity contribution is 6.00. The van der Waals surface area contributed by atoms with Crippen LogP contribution in [0.1, 0.15) is 43.7 Å². The largest absolute Gasteiger partial charge is 0.455 e. The summed E-state index contributed by atoms with van der Waals surface area (Å²) in [4.78, 5) is 38.7. The fourth-order valence-corrected chi connectivity index (χ4v) is 3.57. The fourth-order valence-electron chi connectivity index (χ4n) is 3.57. The summed E-state index contributed by atoms with van der Waals surface area (Å²) in [6.07, 6.45) is 1.06. The molecule has 2 atom stereocenters. The van der Waals surface area contributed by atoms with E-state index in [9.17, 15) is 14.4 Å². The van der Waals surface area contributed by atoms with Crippen molar-refractivity contribution in [3.63, 3.8) is 0 Å². The van der Waals surface area contributed by atoms with Gasteiger partial charge in [-0.25, -0.2) is 0 Å². The lowest BCUT2D eigenvalue weighted by atomic mass is 9.96.